The fraction of sp³-hybridized carbons (Fsp3) is 0.909. The molecule has 0 aromatic rings. The summed E-state index contributed by atoms with van der Waals surface area (Å²) >= 11 is 0. The molecule has 2 atom stereocenters. The van der Waals surface area contributed by atoms with E-state index in [0.717, 1.165) is 13.0 Å². The van der Waals surface area contributed by atoms with Gasteiger partial charge in [-0.05, 0) is 27.3 Å². The second-order valence-corrected chi connectivity index (χ2v) is 3.85. The first kappa shape index (κ1) is 13.4. The van der Waals surface area contributed by atoms with Gasteiger partial charge in [-0.25, -0.2) is 0 Å². The van der Waals surface area contributed by atoms with Crippen LogP contribution in [0.3, 0.4) is 0 Å². The summed E-state index contributed by atoms with van der Waals surface area (Å²) in [5, 5.41) is 0. The van der Waals surface area contributed by atoms with Crippen LogP contribution in [0.15, 0.2) is 0 Å². The monoisotopic (exact) mass is 201 g/mol. The largest absolute Gasteiger partial charge is 0.466 e. The zero-order valence-electron chi connectivity index (χ0n) is 10.0. The first-order chi connectivity index (χ1) is 6.52. The SMILES string of the molecule is CCOC(=O)C(C)CN(C)C(C)CC. The molecule has 0 rings (SSSR count). The van der Waals surface area contributed by atoms with Crippen LogP contribution in [0.1, 0.15) is 34.1 Å². The lowest BCUT2D eigenvalue weighted by Crippen LogP contribution is -2.35. The zero-order valence-corrected chi connectivity index (χ0v) is 10.0. The smallest absolute Gasteiger partial charge is 0.309 e. The molecule has 0 aromatic carbocycles. The van der Waals surface area contributed by atoms with Gasteiger partial charge in [0.1, 0.15) is 0 Å². The number of carbonyl (C=O) groups is 1. The van der Waals surface area contributed by atoms with Crippen molar-refractivity contribution in [2.24, 2.45) is 5.92 Å². The fourth-order valence-corrected chi connectivity index (χ4v) is 1.28. The molecule has 0 radical (unpaired) electrons. The third kappa shape index (κ3) is 4.61. The second kappa shape index (κ2) is 6.82. The van der Waals surface area contributed by atoms with Crippen molar-refractivity contribution in [1.82, 2.24) is 4.90 Å². The van der Waals surface area contributed by atoms with Gasteiger partial charge in [-0.3, -0.25) is 4.79 Å². The van der Waals surface area contributed by atoms with Crippen molar-refractivity contribution in [3.63, 3.8) is 0 Å². The zero-order chi connectivity index (χ0) is 11.1. The van der Waals surface area contributed by atoms with E-state index < -0.39 is 0 Å². The lowest BCUT2D eigenvalue weighted by molar-refractivity contribution is -0.148. The fourth-order valence-electron chi connectivity index (χ4n) is 1.28. The molecule has 0 spiro atoms. The molecule has 0 fully saturated rings. The highest BCUT2D eigenvalue weighted by Crippen LogP contribution is 2.06. The Kier molecular flexibility index (Phi) is 6.54. The normalized spacial score (nSPS) is 15.3. The molecule has 0 saturated carbocycles. The van der Waals surface area contributed by atoms with Gasteiger partial charge in [-0.15, -0.1) is 0 Å². The highest BCUT2D eigenvalue weighted by molar-refractivity contribution is 5.72. The van der Waals surface area contributed by atoms with Crippen LogP contribution in [-0.2, 0) is 9.53 Å². The van der Waals surface area contributed by atoms with Crippen molar-refractivity contribution in [3.05, 3.63) is 0 Å². The van der Waals surface area contributed by atoms with Crippen LogP contribution in [0, 0.1) is 5.92 Å². The minimum absolute atomic E-state index is 0.0334. The minimum atomic E-state index is -0.0948. The number of rotatable bonds is 6. The van der Waals surface area contributed by atoms with Gasteiger partial charge < -0.3 is 9.64 Å². The van der Waals surface area contributed by atoms with Crippen LogP contribution in [-0.4, -0.2) is 37.1 Å². The average molecular weight is 201 g/mol. The van der Waals surface area contributed by atoms with E-state index >= 15 is 0 Å². The molecule has 0 aliphatic rings. The van der Waals surface area contributed by atoms with E-state index in [4.69, 9.17) is 4.74 Å². The lowest BCUT2D eigenvalue weighted by atomic mass is 10.1. The Hall–Kier alpha value is -0.570. The van der Waals surface area contributed by atoms with E-state index in [1.807, 2.05) is 20.9 Å². The molecular formula is C11H23NO2. The Morgan fingerprint density at radius 3 is 2.36 bits per heavy atom. The number of hydrogen-bond donors (Lipinski definition) is 0. The van der Waals surface area contributed by atoms with Gasteiger partial charge >= 0.3 is 5.97 Å². The van der Waals surface area contributed by atoms with Gasteiger partial charge in [0.05, 0.1) is 12.5 Å². The van der Waals surface area contributed by atoms with Crippen LogP contribution in [0.2, 0.25) is 0 Å². The number of ether oxygens (including phenoxy) is 1. The van der Waals surface area contributed by atoms with Gasteiger partial charge in [-0.1, -0.05) is 13.8 Å². The summed E-state index contributed by atoms with van der Waals surface area (Å²) in [7, 11) is 2.05. The maximum atomic E-state index is 11.3. The number of carbonyl (C=O) groups excluding carboxylic acids is 1. The molecule has 0 bridgehead atoms. The lowest BCUT2D eigenvalue weighted by Gasteiger charge is -2.25. The predicted octanol–water partition coefficient (Wildman–Crippen LogP) is 1.92. The number of hydrogen-bond acceptors (Lipinski definition) is 3. The number of esters is 1. The molecule has 0 heterocycles. The minimum Gasteiger partial charge on any atom is -0.466 e. The standard InChI is InChI=1S/C11H23NO2/c1-6-10(4)12(5)8-9(3)11(13)14-7-2/h9-10H,6-8H2,1-5H3. The van der Waals surface area contributed by atoms with Gasteiger partial charge in [0.15, 0.2) is 0 Å². The van der Waals surface area contributed by atoms with Crippen molar-refractivity contribution < 1.29 is 9.53 Å². The molecule has 0 N–H and O–H groups in total. The molecule has 0 aliphatic carbocycles. The highest BCUT2D eigenvalue weighted by atomic mass is 16.5. The summed E-state index contributed by atoms with van der Waals surface area (Å²) in [6.45, 7) is 9.30. The van der Waals surface area contributed by atoms with Crippen LogP contribution < -0.4 is 0 Å². The molecule has 84 valence electrons. The third-order valence-electron chi connectivity index (χ3n) is 2.59. The Labute approximate surface area is 87.4 Å². The van der Waals surface area contributed by atoms with Gasteiger partial charge in [-0.2, -0.15) is 0 Å². The predicted molar refractivity (Wildman–Crippen MR) is 58.2 cm³/mol. The molecule has 3 nitrogen and oxygen atoms in total. The summed E-state index contributed by atoms with van der Waals surface area (Å²) < 4.78 is 4.95. The maximum Gasteiger partial charge on any atom is 0.309 e. The Morgan fingerprint density at radius 1 is 1.36 bits per heavy atom. The van der Waals surface area contributed by atoms with Crippen LogP contribution in [0.5, 0.6) is 0 Å². The molecule has 14 heavy (non-hydrogen) atoms. The van der Waals surface area contributed by atoms with Gasteiger partial charge in [0.2, 0.25) is 0 Å². The summed E-state index contributed by atoms with van der Waals surface area (Å²) in [4.78, 5) is 13.5. The summed E-state index contributed by atoms with van der Waals surface area (Å²) in [5.41, 5.74) is 0. The van der Waals surface area contributed by atoms with Crippen molar-refractivity contribution in [2.45, 2.75) is 40.2 Å². The van der Waals surface area contributed by atoms with Crippen molar-refractivity contribution >= 4 is 5.97 Å². The summed E-state index contributed by atoms with van der Waals surface area (Å²) in [6, 6.07) is 0.520. The second-order valence-electron chi connectivity index (χ2n) is 3.85. The quantitative estimate of drug-likeness (QED) is 0.615. The average Bonchev–Trinajstić information content (AvgIpc) is 2.16. The highest BCUT2D eigenvalue weighted by Gasteiger charge is 2.17. The first-order valence-electron chi connectivity index (χ1n) is 5.39. The Balaban J connectivity index is 3.92. The van der Waals surface area contributed by atoms with Crippen LogP contribution in [0.4, 0.5) is 0 Å². The Morgan fingerprint density at radius 2 is 1.93 bits per heavy atom. The Bertz CT molecular complexity index is 171. The van der Waals surface area contributed by atoms with E-state index in [2.05, 4.69) is 18.7 Å². The van der Waals surface area contributed by atoms with E-state index in [0.29, 0.717) is 12.6 Å². The topological polar surface area (TPSA) is 29.5 Å². The van der Waals surface area contributed by atoms with Crippen LogP contribution in [0.25, 0.3) is 0 Å². The van der Waals surface area contributed by atoms with Crippen molar-refractivity contribution in [2.75, 3.05) is 20.2 Å². The molecule has 3 heteroatoms. The first-order valence-corrected chi connectivity index (χ1v) is 5.39. The third-order valence-corrected chi connectivity index (χ3v) is 2.59. The maximum absolute atomic E-state index is 11.3. The van der Waals surface area contributed by atoms with Gasteiger partial charge in [0, 0.05) is 12.6 Å². The molecule has 0 saturated heterocycles. The van der Waals surface area contributed by atoms with E-state index in [9.17, 15) is 4.79 Å². The van der Waals surface area contributed by atoms with E-state index in [1.165, 1.54) is 0 Å². The van der Waals surface area contributed by atoms with E-state index in [1.54, 1.807) is 0 Å². The van der Waals surface area contributed by atoms with Crippen molar-refractivity contribution in [1.29, 1.82) is 0 Å². The molecule has 0 amide bonds. The molecule has 2 unspecified atom stereocenters. The summed E-state index contributed by atoms with van der Waals surface area (Å²) in [5.74, 6) is -0.128. The van der Waals surface area contributed by atoms with Crippen LogP contribution >= 0.6 is 0 Å². The molecule has 0 aliphatic heterocycles. The summed E-state index contributed by atoms with van der Waals surface area (Å²) in [6.07, 6.45) is 1.10. The molecule has 0 aromatic heterocycles. The van der Waals surface area contributed by atoms with Crippen molar-refractivity contribution in [3.8, 4) is 0 Å². The number of nitrogens with zero attached hydrogens (tertiary/aromatic N) is 1. The van der Waals surface area contributed by atoms with Gasteiger partial charge in [0.25, 0.3) is 0 Å². The van der Waals surface area contributed by atoms with E-state index in [-0.39, 0.29) is 11.9 Å². The molecular weight excluding hydrogens is 178 g/mol.